The third-order valence-electron chi connectivity index (χ3n) is 0. The first-order valence-electron chi connectivity index (χ1n) is 1.79. The van der Waals surface area contributed by atoms with Gasteiger partial charge in [-0.15, -0.1) is 19.7 Å². The third kappa shape index (κ3) is 200. The van der Waals surface area contributed by atoms with Crippen LogP contribution in [0.4, 0.5) is 9.05 Å². The Bertz CT molecular complexity index is 31.6. The molecule has 0 saturated carbocycles. The molecule has 0 unspecified atom stereocenters. The van der Waals surface area contributed by atoms with Gasteiger partial charge in [-0.25, -0.2) is 0 Å². The molecule has 0 aromatic rings. The van der Waals surface area contributed by atoms with Crippen molar-refractivity contribution in [3.8, 4) is 0 Å². The lowest BCUT2D eigenvalue weighted by atomic mass is 10.8. The number of hydrogen-bond donors (Lipinski definition) is 0. The Morgan fingerprint density at radius 1 is 1.38 bits per heavy atom. The van der Waals surface area contributed by atoms with Crippen LogP contribution in [-0.2, 0) is 5.15 Å². The molecule has 0 heterocycles. The summed E-state index contributed by atoms with van der Waals surface area (Å²) in [5.41, 5.74) is 0. The Hall–Kier alpha value is -0.700. The molecule has 0 aromatic heterocycles. The van der Waals surface area contributed by atoms with Crippen LogP contribution in [0.25, 0.3) is 0 Å². The zero-order valence-electron chi connectivity index (χ0n) is 4.86. The molecule has 0 aromatic carbocycles. The molecule has 3 heteroatoms. The molecule has 1 nitrogen and oxygen atoms in total. The monoisotopic (exact) mass is 124 g/mol. The van der Waals surface area contributed by atoms with Crippen LogP contribution in [-0.4, -0.2) is 0 Å². The van der Waals surface area contributed by atoms with E-state index in [0.29, 0.717) is 0 Å². The standard InChI is InChI=1S/C3H6.C2H4.F2O/c1-3-2;1-2;1-3-2/h3H,1H2,2H3;1-2H2;. The summed E-state index contributed by atoms with van der Waals surface area (Å²) in [6, 6.07) is 0. The summed E-state index contributed by atoms with van der Waals surface area (Å²) in [4.78, 5) is 0. The highest BCUT2D eigenvalue weighted by molar-refractivity contribution is 4.51. The molecule has 0 atom stereocenters. The number of allylic oxidation sites excluding steroid dienone is 1. The van der Waals surface area contributed by atoms with Crippen LogP contribution >= 0.6 is 0 Å². The summed E-state index contributed by atoms with van der Waals surface area (Å²) in [6.07, 6.45) is 1.75. The fourth-order valence-electron chi connectivity index (χ4n) is 0. The highest BCUT2D eigenvalue weighted by Crippen LogP contribution is 1.61. The Kier molecular flexibility index (Phi) is 205. The Morgan fingerprint density at radius 3 is 1.38 bits per heavy atom. The highest BCUT2D eigenvalue weighted by atomic mass is 19.6. The van der Waals surface area contributed by atoms with Gasteiger partial charge in [0.25, 0.3) is 0 Å². The van der Waals surface area contributed by atoms with Crippen molar-refractivity contribution >= 4 is 0 Å². The molecule has 0 spiro atoms. The molecule has 0 bridgehead atoms. The topological polar surface area (TPSA) is 9.23 Å². The molecule has 0 rings (SSSR count). The van der Waals surface area contributed by atoms with Crippen LogP contribution in [0, 0.1) is 0 Å². The van der Waals surface area contributed by atoms with Crippen molar-refractivity contribution in [1.82, 2.24) is 0 Å². The van der Waals surface area contributed by atoms with Crippen molar-refractivity contribution in [2.75, 3.05) is 0 Å². The van der Waals surface area contributed by atoms with Crippen molar-refractivity contribution in [1.29, 1.82) is 0 Å². The van der Waals surface area contributed by atoms with Gasteiger partial charge >= 0.3 is 0 Å². The maximum absolute atomic E-state index is 9.12. The molecule has 0 fully saturated rings. The molecular formula is C5H10F2O. The number of rotatable bonds is 0. The van der Waals surface area contributed by atoms with Crippen molar-refractivity contribution in [3.05, 3.63) is 25.8 Å². The molecule has 0 aliphatic carbocycles. The van der Waals surface area contributed by atoms with E-state index >= 15 is 0 Å². The smallest absolute Gasteiger partial charge is 0.0209 e. The van der Waals surface area contributed by atoms with Gasteiger partial charge in [0.05, 0.1) is 0 Å². The molecule has 0 aliphatic heterocycles. The maximum Gasteiger partial charge on any atom is 0.0209 e. The van der Waals surface area contributed by atoms with Crippen LogP contribution in [0.15, 0.2) is 25.8 Å². The minimum Gasteiger partial charge on any atom is -0.106 e. The largest absolute Gasteiger partial charge is 0.106 e. The van der Waals surface area contributed by atoms with E-state index in [0.717, 1.165) is 0 Å². The van der Waals surface area contributed by atoms with Crippen molar-refractivity contribution in [3.63, 3.8) is 0 Å². The first-order valence-corrected chi connectivity index (χ1v) is 1.79. The van der Waals surface area contributed by atoms with Gasteiger partial charge in [0.2, 0.25) is 0 Å². The average molecular weight is 124 g/mol. The SMILES string of the molecule is C=C.C=CC.FOF. The summed E-state index contributed by atoms with van der Waals surface area (Å²) in [5.74, 6) is 0. The molecular weight excluding hydrogens is 114 g/mol. The van der Waals surface area contributed by atoms with Crippen molar-refractivity contribution in [2.45, 2.75) is 6.92 Å². The van der Waals surface area contributed by atoms with Crippen LogP contribution in [0.3, 0.4) is 0 Å². The van der Waals surface area contributed by atoms with Gasteiger partial charge in [0.15, 0.2) is 0 Å². The second-order valence-electron chi connectivity index (χ2n) is 0.467. The zero-order chi connectivity index (χ0) is 7.41. The molecule has 0 radical (unpaired) electrons. The average Bonchev–Trinajstić information content (AvgIpc) is 1.75. The van der Waals surface area contributed by atoms with Crippen molar-refractivity contribution < 1.29 is 14.2 Å². The summed E-state index contributed by atoms with van der Waals surface area (Å²) in [6.45, 7) is 11.2. The number of hydrogen-bond acceptors (Lipinski definition) is 1. The molecule has 50 valence electrons. The van der Waals surface area contributed by atoms with E-state index in [1.807, 2.05) is 6.92 Å². The quantitative estimate of drug-likeness (QED) is 0.451. The second-order valence-corrected chi connectivity index (χ2v) is 0.467. The lowest BCUT2D eigenvalue weighted by Crippen LogP contribution is -1.26. The minimum atomic E-state index is 1.25. The fourth-order valence-corrected chi connectivity index (χ4v) is 0. The summed E-state index contributed by atoms with van der Waals surface area (Å²) < 4.78 is 18.2. The fraction of sp³-hybridized carbons (Fsp3) is 0.200. The Morgan fingerprint density at radius 2 is 1.38 bits per heavy atom. The van der Waals surface area contributed by atoms with E-state index in [4.69, 9.17) is 9.05 Å². The second kappa shape index (κ2) is 105. The molecule has 0 aliphatic rings. The molecule has 0 amide bonds. The summed E-state index contributed by atoms with van der Waals surface area (Å²) in [7, 11) is 0. The van der Waals surface area contributed by atoms with Crippen LogP contribution in [0.1, 0.15) is 6.92 Å². The van der Waals surface area contributed by atoms with E-state index in [9.17, 15) is 0 Å². The predicted octanol–water partition coefficient (Wildman–Crippen LogP) is 2.77. The van der Waals surface area contributed by atoms with E-state index in [-0.39, 0.29) is 0 Å². The van der Waals surface area contributed by atoms with Gasteiger partial charge in [-0.3, -0.25) is 0 Å². The minimum absolute atomic E-state index is 1.25. The highest BCUT2D eigenvalue weighted by Gasteiger charge is 1.42. The van der Waals surface area contributed by atoms with Gasteiger partial charge in [-0.2, -0.15) is 0 Å². The first kappa shape index (κ1) is 15.7. The normalized spacial score (nSPS) is 4.38. The van der Waals surface area contributed by atoms with Gasteiger partial charge in [-0.05, 0) is 16.0 Å². The number of halogens is 2. The lowest BCUT2D eigenvalue weighted by molar-refractivity contribution is -0.317. The van der Waals surface area contributed by atoms with Gasteiger partial charge in [-0.1, -0.05) is 6.08 Å². The van der Waals surface area contributed by atoms with E-state index in [2.05, 4.69) is 19.7 Å². The molecule has 0 saturated heterocycles. The maximum atomic E-state index is 9.12. The summed E-state index contributed by atoms with van der Waals surface area (Å²) in [5, 5.41) is 1.25. The van der Waals surface area contributed by atoms with E-state index in [1.165, 1.54) is 5.15 Å². The van der Waals surface area contributed by atoms with Crippen LogP contribution < -0.4 is 0 Å². The van der Waals surface area contributed by atoms with Gasteiger partial charge in [0, 0.05) is 5.15 Å². The van der Waals surface area contributed by atoms with Gasteiger partial charge in [0.1, 0.15) is 0 Å². The predicted molar refractivity (Wildman–Crippen MR) is 30.4 cm³/mol. The Balaban J connectivity index is -0.0000000483. The zero-order valence-corrected chi connectivity index (χ0v) is 4.86. The van der Waals surface area contributed by atoms with Crippen molar-refractivity contribution in [2.24, 2.45) is 0 Å². The lowest BCUT2D eigenvalue weighted by Gasteiger charge is -1.41. The Labute approximate surface area is 48.1 Å². The van der Waals surface area contributed by atoms with E-state index in [1.54, 1.807) is 6.08 Å². The molecule has 0 N–H and O–H groups in total. The van der Waals surface area contributed by atoms with E-state index < -0.39 is 0 Å². The summed E-state index contributed by atoms with van der Waals surface area (Å²) >= 11 is 0. The first-order chi connectivity index (χ1) is 3.83. The third-order valence-corrected chi connectivity index (χ3v) is 0. The van der Waals surface area contributed by atoms with Crippen LogP contribution in [0.5, 0.6) is 0 Å². The van der Waals surface area contributed by atoms with Gasteiger partial charge < -0.3 is 0 Å². The molecule has 8 heavy (non-hydrogen) atoms. The van der Waals surface area contributed by atoms with Crippen LogP contribution in [0.2, 0.25) is 0 Å².